The molecule has 2 atom stereocenters. The Kier molecular flexibility index (Phi) is 8.74. The van der Waals surface area contributed by atoms with Gasteiger partial charge in [0.2, 0.25) is 11.8 Å². The number of nitrogens with zero attached hydrogens (tertiary/aromatic N) is 3. The monoisotopic (exact) mass is 379 g/mol. The van der Waals surface area contributed by atoms with Crippen molar-refractivity contribution in [3.63, 3.8) is 0 Å². The average Bonchev–Trinajstić information content (AvgIpc) is 3.21. The van der Waals surface area contributed by atoms with Crippen LogP contribution in [0.2, 0.25) is 0 Å². The minimum absolute atomic E-state index is 0. The first kappa shape index (κ1) is 22.7. The number of nitrogens with two attached hydrogens (primary N) is 1. The van der Waals surface area contributed by atoms with Crippen LogP contribution in [0.5, 0.6) is 0 Å². The summed E-state index contributed by atoms with van der Waals surface area (Å²) in [7, 11) is 1.62. The maximum atomic E-state index is 12.3. The Labute approximate surface area is 155 Å². The van der Waals surface area contributed by atoms with Gasteiger partial charge in [-0.2, -0.15) is 5.10 Å². The highest BCUT2D eigenvalue weighted by Gasteiger charge is 2.41. The van der Waals surface area contributed by atoms with Crippen LogP contribution < -0.4 is 11.1 Å². The Hall–Kier alpha value is -1.31. The highest BCUT2D eigenvalue weighted by molar-refractivity contribution is 5.86. The highest BCUT2D eigenvalue weighted by atomic mass is 35.5. The molecule has 2 amide bonds. The molecule has 3 N–H and O–H groups in total. The van der Waals surface area contributed by atoms with Crippen molar-refractivity contribution >= 4 is 36.6 Å². The van der Waals surface area contributed by atoms with Gasteiger partial charge in [0.15, 0.2) is 0 Å². The third-order valence-corrected chi connectivity index (χ3v) is 4.36. The van der Waals surface area contributed by atoms with E-state index in [1.165, 1.54) is 4.90 Å². The number of halogens is 2. The number of carbonyl (C=O) groups is 2. The number of hydrogen-bond acceptors (Lipinski definition) is 4. The summed E-state index contributed by atoms with van der Waals surface area (Å²) in [6.07, 6.45) is 5.55. The molecule has 0 bridgehead atoms. The molecule has 0 radical (unpaired) electrons. The van der Waals surface area contributed by atoms with Crippen molar-refractivity contribution in [2.75, 3.05) is 20.1 Å². The van der Waals surface area contributed by atoms with Gasteiger partial charge in [-0.1, -0.05) is 0 Å². The van der Waals surface area contributed by atoms with Crippen LogP contribution in [0, 0.1) is 5.92 Å². The molecule has 1 fully saturated rings. The Morgan fingerprint density at radius 1 is 1.46 bits per heavy atom. The van der Waals surface area contributed by atoms with Gasteiger partial charge in [-0.15, -0.1) is 24.8 Å². The minimum Gasteiger partial charge on any atom is -0.348 e. The zero-order valence-electron chi connectivity index (χ0n) is 14.3. The van der Waals surface area contributed by atoms with Crippen LogP contribution in [0.15, 0.2) is 18.5 Å². The number of nitrogens with one attached hydrogen (secondary N) is 1. The molecule has 7 nitrogen and oxygen atoms in total. The van der Waals surface area contributed by atoms with Gasteiger partial charge < -0.3 is 16.0 Å². The molecule has 0 saturated heterocycles. The van der Waals surface area contributed by atoms with E-state index in [4.69, 9.17) is 5.73 Å². The van der Waals surface area contributed by atoms with E-state index in [1.807, 2.05) is 6.92 Å². The predicted molar refractivity (Wildman–Crippen MR) is 97.4 cm³/mol. The van der Waals surface area contributed by atoms with E-state index in [2.05, 4.69) is 10.4 Å². The van der Waals surface area contributed by atoms with Crippen LogP contribution in [0.25, 0.3) is 0 Å². The maximum Gasteiger partial charge on any atom is 0.247 e. The first-order chi connectivity index (χ1) is 10.4. The van der Waals surface area contributed by atoms with E-state index < -0.39 is 6.04 Å². The minimum atomic E-state index is -0.433. The fourth-order valence-electron chi connectivity index (χ4n) is 2.63. The normalized spacial score (nSPS) is 16.8. The Bertz CT molecular complexity index is 536. The van der Waals surface area contributed by atoms with Crippen LogP contribution in [0.1, 0.15) is 32.7 Å². The molecule has 138 valence electrons. The molecule has 1 aliphatic rings. The number of amides is 2. The molecule has 1 aromatic rings. The summed E-state index contributed by atoms with van der Waals surface area (Å²) < 4.78 is 1.57. The van der Waals surface area contributed by atoms with Crippen LogP contribution in [-0.4, -0.2) is 52.2 Å². The number of hydrogen-bond donors (Lipinski definition) is 2. The average molecular weight is 380 g/mol. The second-order valence-corrected chi connectivity index (χ2v) is 6.30. The first-order valence-corrected chi connectivity index (χ1v) is 7.62. The second kappa shape index (κ2) is 9.25. The van der Waals surface area contributed by atoms with Gasteiger partial charge in [0.05, 0.1) is 12.1 Å². The van der Waals surface area contributed by atoms with Crippen molar-refractivity contribution in [3.05, 3.63) is 18.5 Å². The molecule has 0 aromatic carbocycles. The van der Waals surface area contributed by atoms with Crippen molar-refractivity contribution in [1.82, 2.24) is 20.0 Å². The molecule has 2 unspecified atom stereocenters. The van der Waals surface area contributed by atoms with Crippen LogP contribution in [0.4, 0.5) is 0 Å². The number of carbonyl (C=O) groups excluding carboxylic acids is 2. The Morgan fingerprint density at radius 2 is 2.08 bits per heavy atom. The molecular weight excluding hydrogens is 353 g/mol. The molecule has 0 aliphatic heterocycles. The lowest BCUT2D eigenvalue weighted by Gasteiger charge is -2.31. The lowest BCUT2D eigenvalue weighted by atomic mass is 9.96. The summed E-state index contributed by atoms with van der Waals surface area (Å²) in [6, 6.07) is 1.33. The first-order valence-electron chi connectivity index (χ1n) is 7.62. The van der Waals surface area contributed by atoms with Gasteiger partial charge in [0.25, 0.3) is 0 Å². The molecule has 1 saturated carbocycles. The summed E-state index contributed by atoms with van der Waals surface area (Å²) in [5, 5.41) is 7.04. The van der Waals surface area contributed by atoms with Crippen molar-refractivity contribution in [1.29, 1.82) is 0 Å². The standard InChI is InChI=1S/C15H25N5O2.2ClH/c1-11(20-8-4-7-17-20)14(22)19(3)9-13(21)18-15(2,10-16)12-5-6-12;;/h4,7-8,11-12H,5-6,9-10,16H2,1-3H3,(H,18,21);2*1H. The SMILES string of the molecule is CC(C(=O)N(C)CC(=O)NC(C)(CN)C1CC1)n1cccn1.Cl.Cl. The van der Waals surface area contributed by atoms with E-state index in [1.54, 1.807) is 37.1 Å². The maximum absolute atomic E-state index is 12.3. The van der Waals surface area contributed by atoms with E-state index in [9.17, 15) is 9.59 Å². The van der Waals surface area contributed by atoms with Crippen LogP contribution in [0.3, 0.4) is 0 Å². The molecule has 24 heavy (non-hydrogen) atoms. The van der Waals surface area contributed by atoms with E-state index in [0.717, 1.165) is 12.8 Å². The van der Waals surface area contributed by atoms with E-state index in [0.29, 0.717) is 12.5 Å². The van der Waals surface area contributed by atoms with Crippen LogP contribution >= 0.6 is 24.8 Å². The summed E-state index contributed by atoms with van der Waals surface area (Å²) in [4.78, 5) is 25.9. The third-order valence-electron chi connectivity index (χ3n) is 4.36. The Balaban J connectivity index is 0.00000264. The van der Waals surface area contributed by atoms with Crippen LogP contribution in [-0.2, 0) is 9.59 Å². The molecule has 9 heteroatoms. The van der Waals surface area contributed by atoms with E-state index >= 15 is 0 Å². The number of rotatable bonds is 7. The Morgan fingerprint density at radius 3 is 2.54 bits per heavy atom. The van der Waals surface area contributed by atoms with Crippen molar-refractivity contribution < 1.29 is 9.59 Å². The third kappa shape index (κ3) is 5.36. The molecule has 2 rings (SSSR count). The largest absolute Gasteiger partial charge is 0.348 e. The highest BCUT2D eigenvalue weighted by Crippen LogP contribution is 2.38. The quantitative estimate of drug-likeness (QED) is 0.738. The smallest absolute Gasteiger partial charge is 0.247 e. The van der Waals surface area contributed by atoms with Crippen molar-refractivity contribution in [3.8, 4) is 0 Å². The molecular formula is C15H27Cl2N5O2. The molecule has 1 aliphatic carbocycles. The fraction of sp³-hybridized carbons (Fsp3) is 0.667. The molecule has 1 aromatic heterocycles. The summed E-state index contributed by atoms with van der Waals surface area (Å²) in [5.41, 5.74) is 5.43. The summed E-state index contributed by atoms with van der Waals surface area (Å²) >= 11 is 0. The summed E-state index contributed by atoms with van der Waals surface area (Å²) in [6.45, 7) is 4.16. The van der Waals surface area contributed by atoms with Gasteiger partial charge in [-0.25, -0.2) is 0 Å². The molecule has 0 spiro atoms. The van der Waals surface area contributed by atoms with Gasteiger partial charge in [-0.3, -0.25) is 14.3 Å². The number of likely N-dealkylation sites (N-methyl/N-ethyl adjacent to an activating group) is 1. The van der Waals surface area contributed by atoms with Gasteiger partial charge in [-0.05, 0) is 38.7 Å². The predicted octanol–water partition coefficient (Wildman–Crippen LogP) is 0.990. The van der Waals surface area contributed by atoms with Crippen molar-refractivity contribution in [2.45, 2.75) is 38.3 Å². The summed E-state index contributed by atoms with van der Waals surface area (Å²) in [5.74, 6) is 0.119. The zero-order chi connectivity index (χ0) is 16.3. The van der Waals surface area contributed by atoms with Gasteiger partial charge >= 0.3 is 0 Å². The lowest BCUT2D eigenvalue weighted by Crippen LogP contribution is -2.55. The van der Waals surface area contributed by atoms with Crippen molar-refractivity contribution in [2.24, 2.45) is 11.7 Å². The molecule has 1 heterocycles. The van der Waals surface area contributed by atoms with E-state index in [-0.39, 0.29) is 48.7 Å². The van der Waals surface area contributed by atoms with Gasteiger partial charge in [0, 0.05) is 26.0 Å². The lowest BCUT2D eigenvalue weighted by molar-refractivity contribution is -0.137. The topological polar surface area (TPSA) is 93.3 Å². The number of aromatic nitrogens is 2. The fourth-order valence-corrected chi connectivity index (χ4v) is 2.63. The zero-order valence-corrected chi connectivity index (χ0v) is 15.9. The second-order valence-electron chi connectivity index (χ2n) is 6.30. The van der Waals surface area contributed by atoms with Gasteiger partial charge in [0.1, 0.15) is 6.04 Å².